The number of benzene rings is 4. The molecule has 4 aromatic rings. The first-order chi connectivity index (χ1) is 16.3. The van der Waals surface area contributed by atoms with Crippen LogP contribution in [0.25, 0.3) is 0 Å². The Morgan fingerprint density at radius 3 is 1.36 bits per heavy atom. The van der Waals surface area contributed by atoms with Crippen LogP contribution >= 0.6 is 0 Å². The first-order valence-electron chi connectivity index (χ1n) is 12.2. The first kappa shape index (κ1) is 23.0. The Hall–Kier alpha value is -3.16. The second-order valence-corrected chi connectivity index (χ2v) is 8.91. The van der Waals surface area contributed by atoms with Crippen LogP contribution in [0.1, 0.15) is 60.3 Å². The molecular weight excluding hydrogens is 400 g/mol. The molecule has 33 heavy (non-hydrogen) atoms. The Kier molecular flexibility index (Phi) is 8.11. The number of unbranched alkanes of at least 4 members (excludes halogenated alkanes) is 1. The molecule has 4 rings (SSSR count). The maximum atomic E-state index is 9.52. The van der Waals surface area contributed by atoms with E-state index in [0.29, 0.717) is 5.92 Å². The molecule has 0 aliphatic rings. The van der Waals surface area contributed by atoms with Gasteiger partial charge >= 0.3 is 0 Å². The molecule has 0 atom stereocenters. The minimum Gasteiger partial charge on any atom is -0.396 e. The van der Waals surface area contributed by atoms with E-state index in [-0.39, 0.29) is 12.0 Å². The third kappa shape index (κ3) is 5.61. The van der Waals surface area contributed by atoms with Crippen molar-refractivity contribution in [3.8, 4) is 0 Å². The second-order valence-electron chi connectivity index (χ2n) is 8.91. The largest absolute Gasteiger partial charge is 0.396 e. The lowest BCUT2D eigenvalue weighted by Gasteiger charge is -2.37. The van der Waals surface area contributed by atoms with Gasteiger partial charge in [0.2, 0.25) is 0 Å². The van der Waals surface area contributed by atoms with Gasteiger partial charge in [-0.15, -0.1) is 0 Å². The van der Waals surface area contributed by atoms with Gasteiger partial charge < -0.3 is 5.11 Å². The highest BCUT2D eigenvalue weighted by atomic mass is 16.2. The Morgan fingerprint density at radius 1 is 0.515 bits per heavy atom. The summed E-state index contributed by atoms with van der Waals surface area (Å²) >= 11 is 0. The monoisotopic (exact) mass is 434 g/mol. The molecule has 0 heterocycles. The zero-order chi connectivity index (χ0) is 22.8. The van der Waals surface area contributed by atoms with E-state index in [4.69, 9.17) is 0 Å². The van der Waals surface area contributed by atoms with Crippen LogP contribution in [0.2, 0.25) is 0 Å². The summed E-state index contributed by atoms with van der Waals surface area (Å²) in [7, 11) is 0. The molecule has 1 nitrogen and oxygen atoms in total. The molecule has 0 saturated carbocycles. The van der Waals surface area contributed by atoms with Crippen molar-refractivity contribution >= 4 is 0 Å². The SMILES string of the molecule is OCCCCC(CCC(c1ccccc1)c1ccccc1)(c1ccccc1)c1ccccc1. The fraction of sp³-hybridized carbons (Fsp3) is 0.250. The number of hydrogen-bond donors (Lipinski definition) is 1. The Balaban J connectivity index is 1.75. The predicted octanol–water partition coefficient (Wildman–Crippen LogP) is 7.75. The zero-order valence-electron chi connectivity index (χ0n) is 19.3. The molecule has 0 aromatic heterocycles. The van der Waals surface area contributed by atoms with E-state index in [2.05, 4.69) is 121 Å². The summed E-state index contributed by atoms with van der Waals surface area (Å²) in [6, 6.07) is 43.8. The van der Waals surface area contributed by atoms with Crippen molar-refractivity contribution in [2.24, 2.45) is 0 Å². The van der Waals surface area contributed by atoms with Gasteiger partial charge in [-0.05, 0) is 54.4 Å². The summed E-state index contributed by atoms with van der Waals surface area (Å²) in [5.41, 5.74) is 5.39. The number of aliphatic hydroxyl groups is 1. The van der Waals surface area contributed by atoms with E-state index < -0.39 is 0 Å². The normalized spacial score (nSPS) is 11.6. The minimum absolute atomic E-state index is 0.0838. The van der Waals surface area contributed by atoms with E-state index in [1.165, 1.54) is 22.3 Å². The molecule has 1 N–H and O–H groups in total. The summed E-state index contributed by atoms with van der Waals surface area (Å²) in [5, 5.41) is 9.52. The molecule has 0 unspecified atom stereocenters. The summed E-state index contributed by atoms with van der Waals surface area (Å²) in [6.45, 7) is 0.246. The smallest absolute Gasteiger partial charge is 0.0431 e. The van der Waals surface area contributed by atoms with Crippen LogP contribution in [0.3, 0.4) is 0 Å². The van der Waals surface area contributed by atoms with Crippen LogP contribution in [-0.4, -0.2) is 11.7 Å². The number of hydrogen-bond acceptors (Lipinski definition) is 1. The molecule has 0 amide bonds. The fourth-order valence-electron chi connectivity index (χ4n) is 5.21. The van der Waals surface area contributed by atoms with Gasteiger partial charge in [0.25, 0.3) is 0 Å². The standard InChI is InChI=1S/C32H34O/c33-26-14-13-24-32(29-19-9-3-10-20-29,30-21-11-4-12-22-30)25-23-31(27-15-5-1-6-16-27)28-17-7-2-8-18-28/h1-12,15-22,31,33H,13-14,23-26H2. The predicted molar refractivity (Wildman–Crippen MR) is 139 cm³/mol. The van der Waals surface area contributed by atoms with Crippen LogP contribution in [0.4, 0.5) is 0 Å². The average Bonchev–Trinajstić information content (AvgIpc) is 2.90. The quantitative estimate of drug-likeness (QED) is 0.239. The van der Waals surface area contributed by atoms with Crippen molar-refractivity contribution in [1.82, 2.24) is 0 Å². The lowest BCUT2D eigenvalue weighted by Crippen LogP contribution is -2.29. The van der Waals surface area contributed by atoms with Crippen molar-refractivity contribution < 1.29 is 5.11 Å². The lowest BCUT2D eigenvalue weighted by molar-refractivity contribution is 0.274. The number of aliphatic hydroxyl groups excluding tert-OH is 1. The third-order valence-electron chi connectivity index (χ3n) is 6.93. The van der Waals surface area contributed by atoms with Gasteiger partial charge in [0, 0.05) is 17.9 Å². The van der Waals surface area contributed by atoms with Crippen molar-refractivity contribution in [2.75, 3.05) is 6.61 Å². The van der Waals surface area contributed by atoms with Crippen molar-refractivity contribution in [2.45, 2.75) is 43.4 Å². The van der Waals surface area contributed by atoms with Gasteiger partial charge in [0.15, 0.2) is 0 Å². The van der Waals surface area contributed by atoms with E-state index in [0.717, 1.165) is 32.1 Å². The van der Waals surface area contributed by atoms with Crippen LogP contribution in [0, 0.1) is 0 Å². The summed E-state index contributed by atoms with van der Waals surface area (Å²) < 4.78 is 0. The fourth-order valence-corrected chi connectivity index (χ4v) is 5.21. The lowest BCUT2D eigenvalue weighted by atomic mass is 9.66. The zero-order valence-corrected chi connectivity index (χ0v) is 19.3. The van der Waals surface area contributed by atoms with E-state index >= 15 is 0 Å². The van der Waals surface area contributed by atoms with Gasteiger partial charge in [-0.2, -0.15) is 0 Å². The Morgan fingerprint density at radius 2 is 0.939 bits per heavy atom. The molecule has 1 heteroatoms. The van der Waals surface area contributed by atoms with Gasteiger partial charge in [0.05, 0.1) is 0 Å². The molecule has 0 aliphatic carbocycles. The van der Waals surface area contributed by atoms with Crippen molar-refractivity contribution in [3.63, 3.8) is 0 Å². The number of rotatable bonds is 11. The van der Waals surface area contributed by atoms with E-state index in [9.17, 15) is 5.11 Å². The second kappa shape index (κ2) is 11.6. The minimum atomic E-state index is -0.0838. The van der Waals surface area contributed by atoms with Gasteiger partial charge in [-0.1, -0.05) is 121 Å². The highest BCUT2D eigenvalue weighted by molar-refractivity contribution is 5.40. The molecule has 0 fully saturated rings. The summed E-state index contributed by atoms with van der Waals surface area (Å²) in [5.74, 6) is 0.344. The topological polar surface area (TPSA) is 20.2 Å². The third-order valence-corrected chi connectivity index (χ3v) is 6.93. The van der Waals surface area contributed by atoms with E-state index in [1.54, 1.807) is 0 Å². The molecule has 4 aromatic carbocycles. The van der Waals surface area contributed by atoms with Crippen molar-refractivity contribution in [1.29, 1.82) is 0 Å². The van der Waals surface area contributed by atoms with Crippen LogP contribution < -0.4 is 0 Å². The molecular formula is C32H34O. The highest BCUT2D eigenvalue weighted by Gasteiger charge is 2.34. The molecule has 0 saturated heterocycles. The Bertz CT molecular complexity index is 980. The highest BCUT2D eigenvalue weighted by Crippen LogP contribution is 2.44. The average molecular weight is 435 g/mol. The molecule has 0 spiro atoms. The maximum Gasteiger partial charge on any atom is 0.0431 e. The van der Waals surface area contributed by atoms with E-state index in [1.807, 2.05) is 0 Å². The molecule has 168 valence electrons. The molecule has 0 bridgehead atoms. The van der Waals surface area contributed by atoms with Gasteiger partial charge in [0.1, 0.15) is 0 Å². The van der Waals surface area contributed by atoms with Crippen LogP contribution in [-0.2, 0) is 5.41 Å². The molecule has 0 aliphatic heterocycles. The van der Waals surface area contributed by atoms with Crippen LogP contribution in [0.15, 0.2) is 121 Å². The summed E-state index contributed by atoms with van der Waals surface area (Å²) in [6.07, 6.45) is 4.96. The van der Waals surface area contributed by atoms with Gasteiger partial charge in [-0.3, -0.25) is 0 Å². The summed E-state index contributed by atoms with van der Waals surface area (Å²) in [4.78, 5) is 0. The van der Waals surface area contributed by atoms with Crippen LogP contribution in [0.5, 0.6) is 0 Å². The maximum absolute atomic E-state index is 9.52. The Labute approximate surface area is 198 Å². The first-order valence-corrected chi connectivity index (χ1v) is 12.2. The van der Waals surface area contributed by atoms with Crippen molar-refractivity contribution in [3.05, 3.63) is 144 Å². The van der Waals surface area contributed by atoms with Gasteiger partial charge in [-0.25, -0.2) is 0 Å². The molecule has 0 radical (unpaired) electrons.